The maximum absolute atomic E-state index is 5.89. The quantitative estimate of drug-likeness (QED) is 0.596. The molecule has 0 aliphatic heterocycles. The Hall–Kier alpha value is -0.900. The summed E-state index contributed by atoms with van der Waals surface area (Å²) in [7, 11) is 1.81. The van der Waals surface area contributed by atoms with Crippen LogP contribution >= 0.6 is 0 Å². The van der Waals surface area contributed by atoms with Crippen LogP contribution in [-0.4, -0.2) is 18.8 Å². The van der Waals surface area contributed by atoms with E-state index in [2.05, 4.69) is 43.5 Å². The fourth-order valence-corrected chi connectivity index (χ4v) is 3.99. The van der Waals surface area contributed by atoms with Gasteiger partial charge in [-0.15, -0.1) is 0 Å². The molecule has 1 aromatic carbocycles. The topological polar surface area (TPSA) is 47.3 Å². The molecule has 0 saturated carbocycles. The van der Waals surface area contributed by atoms with Crippen molar-refractivity contribution in [3.63, 3.8) is 0 Å². The van der Waals surface area contributed by atoms with E-state index in [0.717, 1.165) is 19.3 Å². The highest BCUT2D eigenvalue weighted by molar-refractivity contribution is 5.32. The third kappa shape index (κ3) is 3.31. The van der Waals surface area contributed by atoms with Gasteiger partial charge in [0.2, 0.25) is 0 Å². The number of hydrogen-bond donors (Lipinski definition) is 2. The number of rotatable bonds is 7. The van der Waals surface area contributed by atoms with E-state index < -0.39 is 0 Å². The van der Waals surface area contributed by atoms with Gasteiger partial charge in [0.1, 0.15) is 0 Å². The molecule has 2 unspecified atom stereocenters. The molecule has 3 heteroatoms. The van der Waals surface area contributed by atoms with Gasteiger partial charge in [0.05, 0.1) is 11.6 Å². The molecule has 0 aromatic heterocycles. The zero-order chi connectivity index (χ0) is 15.3. The minimum Gasteiger partial charge on any atom is -0.377 e. The van der Waals surface area contributed by atoms with Crippen molar-refractivity contribution in [3.8, 4) is 0 Å². The van der Waals surface area contributed by atoms with Crippen molar-refractivity contribution in [2.45, 2.75) is 69.9 Å². The SMILES string of the molecule is CCC(CC)(OC)C(CC1CCCc2ccccc21)NN. The summed E-state index contributed by atoms with van der Waals surface area (Å²) in [4.78, 5) is 0. The summed E-state index contributed by atoms with van der Waals surface area (Å²) in [5, 5.41) is 0. The van der Waals surface area contributed by atoms with Crippen LogP contribution in [0.25, 0.3) is 0 Å². The zero-order valence-electron chi connectivity index (χ0n) is 13.7. The first-order chi connectivity index (χ1) is 10.2. The summed E-state index contributed by atoms with van der Waals surface area (Å²) in [6.07, 6.45) is 6.74. The number of nitrogens with two attached hydrogens (primary N) is 1. The van der Waals surface area contributed by atoms with Crippen molar-refractivity contribution < 1.29 is 4.74 Å². The van der Waals surface area contributed by atoms with Crippen LogP contribution in [0.2, 0.25) is 0 Å². The van der Waals surface area contributed by atoms with Crippen LogP contribution in [-0.2, 0) is 11.2 Å². The number of hydrazine groups is 1. The van der Waals surface area contributed by atoms with Crippen molar-refractivity contribution >= 4 is 0 Å². The van der Waals surface area contributed by atoms with E-state index in [4.69, 9.17) is 10.6 Å². The molecule has 0 amide bonds. The summed E-state index contributed by atoms with van der Waals surface area (Å²) in [6.45, 7) is 4.37. The Morgan fingerprint density at radius 2 is 2.05 bits per heavy atom. The molecule has 2 rings (SSSR count). The van der Waals surface area contributed by atoms with Gasteiger partial charge in [0, 0.05) is 7.11 Å². The molecular formula is C18H30N2O. The Kier molecular flexibility index (Phi) is 5.80. The molecular weight excluding hydrogens is 260 g/mol. The van der Waals surface area contributed by atoms with Crippen molar-refractivity contribution in [2.75, 3.05) is 7.11 Å². The van der Waals surface area contributed by atoms with Crippen LogP contribution in [0.4, 0.5) is 0 Å². The van der Waals surface area contributed by atoms with Gasteiger partial charge in [-0.05, 0) is 55.6 Å². The molecule has 3 N–H and O–H groups in total. The van der Waals surface area contributed by atoms with Gasteiger partial charge in [-0.2, -0.15) is 0 Å². The lowest BCUT2D eigenvalue weighted by Gasteiger charge is -2.40. The van der Waals surface area contributed by atoms with Gasteiger partial charge in [-0.1, -0.05) is 38.1 Å². The number of ether oxygens (including phenoxy) is 1. The first kappa shape index (κ1) is 16.5. The largest absolute Gasteiger partial charge is 0.377 e. The summed E-state index contributed by atoms with van der Waals surface area (Å²) in [5.74, 6) is 6.48. The Bertz CT molecular complexity index is 434. The minimum atomic E-state index is -0.166. The zero-order valence-corrected chi connectivity index (χ0v) is 13.7. The fourth-order valence-electron chi connectivity index (χ4n) is 3.99. The second-order valence-electron chi connectivity index (χ2n) is 6.22. The molecule has 21 heavy (non-hydrogen) atoms. The number of hydrogen-bond acceptors (Lipinski definition) is 3. The molecule has 3 nitrogen and oxygen atoms in total. The van der Waals surface area contributed by atoms with E-state index in [0.29, 0.717) is 5.92 Å². The van der Waals surface area contributed by atoms with Gasteiger partial charge in [0.15, 0.2) is 0 Å². The van der Waals surface area contributed by atoms with Gasteiger partial charge in [0.25, 0.3) is 0 Å². The van der Waals surface area contributed by atoms with Crippen molar-refractivity contribution in [1.82, 2.24) is 5.43 Å². The normalized spacial score (nSPS) is 20.1. The summed E-state index contributed by atoms with van der Waals surface area (Å²) >= 11 is 0. The van der Waals surface area contributed by atoms with E-state index in [1.54, 1.807) is 0 Å². The molecule has 0 fully saturated rings. The molecule has 1 aromatic rings. The molecule has 2 atom stereocenters. The second-order valence-corrected chi connectivity index (χ2v) is 6.22. The van der Waals surface area contributed by atoms with Gasteiger partial charge >= 0.3 is 0 Å². The van der Waals surface area contributed by atoms with Gasteiger partial charge in [-0.25, -0.2) is 0 Å². The number of methoxy groups -OCH3 is 1. The highest BCUT2D eigenvalue weighted by Crippen LogP contribution is 2.38. The van der Waals surface area contributed by atoms with Crippen LogP contribution in [0.15, 0.2) is 24.3 Å². The smallest absolute Gasteiger partial charge is 0.0839 e. The van der Waals surface area contributed by atoms with Gasteiger partial charge < -0.3 is 4.74 Å². The van der Waals surface area contributed by atoms with Crippen molar-refractivity contribution in [3.05, 3.63) is 35.4 Å². The Morgan fingerprint density at radius 1 is 1.33 bits per heavy atom. The lowest BCUT2D eigenvalue weighted by Crippen LogP contribution is -2.54. The summed E-state index contributed by atoms with van der Waals surface area (Å²) in [5.41, 5.74) is 5.91. The molecule has 0 spiro atoms. The highest BCUT2D eigenvalue weighted by atomic mass is 16.5. The number of aryl methyl sites for hydroxylation is 1. The van der Waals surface area contributed by atoms with Crippen LogP contribution in [0.5, 0.6) is 0 Å². The van der Waals surface area contributed by atoms with E-state index in [1.165, 1.54) is 30.4 Å². The third-order valence-corrected chi connectivity index (χ3v) is 5.45. The average Bonchev–Trinajstić information content (AvgIpc) is 2.56. The molecule has 0 bridgehead atoms. The van der Waals surface area contributed by atoms with Crippen LogP contribution in [0.1, 0.15) is 63.0 Å². The average molecular weight is 290 g/mol. The molecule has 1 aliphatic rings. The third-order valence-electron chi connectivity index (χ3n) is 5.45. The Balaban J connectivity index is 2.20. The Morgan fingerprint density at radius 3 is 2.67 bits per heavy atom. The fraction of sp³-hybridized carbons (Fsp3) is 0.667. The molecule has 1 aliphatic carbocycles. The first-order valence-corrected chi connectivity index (χ1v) is 8.29. The monoisotopic (exact) mass is 290 g/mol. The van der Waals surface area contributed by atoms with Crippen molar-refractivity contribution in [1.29, 1.82) is 0 Å². The first-order valence-electron chi connectivity index (χ1n) is 8.29. The second kappa shape index (κ2) is 7.39. The molecule has 0 radical (unpaired) electrons. The molecule has 0 saturated heterocycles. The molecule has 0 heterocycles. The summed E-state index contributed by atoms with van der Waals surface area (Å²) in [6, 6.07) is 9.06. The summed E-state index contributed by atoms with van der Waals surface area (Å²) < 4.78 is 5.88. The number of benzene rings is 1. The number of fused-ring (bicyclic) bond motifs is 1. The van der Waals surface area contributed by atoms with Crippen molar-refractivity contribution in [2.24, 2.45) is 5.84 Å². The minimum absolute atomic E-state index is 0.166. The highest BCUT2D eigenvalue weighted by Gasteiger charge is 2.37. The predicted molar refractivity (Wildman–Crippen MR) is 88.2 cm³/mol. The Labute approximate surface area is 129 Å². The molecule has 118 valence electrons. The van der Waals surface area contributed by atoms with Crippen LogP contribution in [0.3, 0.4) is 0 Å². The van der Waals surface area contributed by atoms with E-state index in [9.17, 15) is 0 Å². The van der Waals surface area contributed by atoms with Crippen LogP contribution < -0.4 is 11.3 Å². The van der Waals surface area contributed by atoms with E-state index in [-0.39, 0.29) is 11.6 Å². The maximum atomic E-state index is 5.89. The lowest BCUT2D eigenvalue weighted by atomic mass is 9.75. The van der Waals surface area contributed by atoms with E-state index >= 15 is 0 Å². The van der Waals surface area contributed by atoms with E-state index in [1.807, 2.05) is 7.11 Å². The van der Waals surface area contributed by atoms with Gasteiger partial charge in [-0.3, -0.25) is 11.3 Å². The lowest BCUT2D eigenvalue weighted by molar-refractivity contribution is -0.0514. The standard InChI is InChI=1S/C18H30N2O/c1-4-18(5-2,21-3)17(20-19)13-15-11-8-10-14-9-6-7-12-16(14)15/h6-7,9,12,15,17,20H,4-5,8,10-11,13,19H2,1-3H3. The predicted octanol–water partition coefficient (Wildman–Crippen LogP) is 3.53. The number of nitrogens with one attached hydrogen (secondary N) is 1. The maximum Gasteiger partial charge on any atom is 0.0839 e. The van der Waals surface area contributed by atoms with Crippen LogP contribution in [0, 0.1) is 0 Å².